The first-order chi connectivity index (χ1) is 12.5. The Morgan fingerprint density at radius 3 is 1.81 bits per heavy atom. The minimum atomic E-state index is -0.479. The first-order valence-corrected chi connectivity index (χ1v) is 8.55. The number of aryl methyl sites for hydroxylation is 2. The predicted molar refractivity (Wildman–Crippen MR) is 90.6 cm³/mol. The number of pyridine rings is 2. The van der Waals surface area contributed by atoms with Gasteiger partial charge in [-0.2, -0.15) is 0 Å². The van der Waals surface area contributed by atoms with E-state index in [-0.39, 0.29) is 30.1 Å². The summed E-state index contributed by atoms with van der Waals surface area (Å²) < 4.78 is 11.4. The maximum absolute atomic E-state index is 12.6. The van der Waals surface area contributed by atoms with Crippen LogP contribution >= 0.6 is 0 Å². The molecule has 2 N–H and O–H groups in total. The van der Waals surface area contributed by atoms with Crippen molar-refractivity contribution in [3.63, 3.8) is 0 Å². The van der Waals surface area contributed by atoms with E-state index in [1.807, 2.05) is 0 Å². The van der Waals surface area contributed by atoms with E-state index >= 15 is 0 Å². The van der Waals surface area contributed by atoms with Crippen LogP contribution in [0.2, 0.25) is 0 Å². The first kappa shape index (κ1) is 16.9. The zero-order valence-electron chi connectivity index (χ0n) is 14.7. The molecule has 7 nitrogen and oxygen atoms in total. The predicted octanol–water partition coefficient (Wildman–Crippen LogP) is 2.70. The molecule has 0 saturated heterocycles. The highest BCUT2D eigenvalue weighted by Gasteiger charge is 2.33. The highest BCUT2D eigenvalue weighted by molar-refractivity contribution is 5.80. The zero-order valence-corrected chi connectivity index (χ0v) is 14.7. The molecule has 0 fully saturated rings. The number of aromatic nitrogens is 2. The van der Waals surface area contributed by atoms with Crippen molar-refractivity contribution in [2.24, 2.45) is 0 Å². The van der Waals surface area contributed by atoms with Crippen LogP contribution in [0.15, 0.2) is 12.4 Å². The van der Waals surface area contributed by atoms with Crippen LogP contribution in [-0.4, -0.2) is 26.0 Å². The molecule has 0 aliphatic carbocycles. The third kappa shape index (κ3) is 2.73. The molecular formula is C19H20N2O5. The molecule has 2 aliphatic rings. The number of rotatable bonds is 4. The van der Waals surface area contributed by atoms with Crippen molar-refractivity contribution >= 4 is 5.78 Å². The van der Waals surface area contributed by atoms with Crippen LogP contribution in [0.25, 0.3) is 0 Å². The molecule has 26 heavy (non-hydrogen) atoms. The second-order valence-electron chi connectivity index (χ2n) is 6.81. The topological polar surface area (TPSA) is 102 Å². The van der Waals surface area contributed by atoms with Crippen molar-refractivity contribution < 1.29 is 24.5 Å². The van der Waals surface area contributed by atoms with E-state index in [1.165, 1.54) is 0 Å². The van der Waals surface area contributed by atoms with Crippen LogP contribution in [0, 0.1) is 13.8 Å². The van der Waals surface area contributed by atoms with Gasteiger partial charge in [-0.05, 0) is 13.8 Å². The van der Waals surface area contributed by atoms with E-state index in [0.29, 0.717) is 35.7 Å². The lowest BCUT2D eigenvalue weighted by atomic mass is 9.96. The van der Waals surface area contributed by atoms with Crippen molar-refractivity contribution in [2.45, 2.75) is 52.1 Å². The minimum absolute atomic E-state index is 0.0524. The summed E-state index contributed by atoms with van der Waals surface area (Å²) in [7, 11) is 0. The Morgan fingerprint density at radius 2 is 1.38 bits per heavy atom. The van der Waals surface area contributed by atoms with Crippen LogP contribution in [-0.2, 0) is 27.5 Å². The van der Waals surface area contributed by atoms with E-state index in [9.17, 15) is 15.0 Å². The molecular weight excluding hydrogens is 336 g/mol. The number of hydrogen-bond donors (Lipinski definition) is 2. The van der Waals surface area contributed by atoms with E-state index in [0.717, 1.165) is 11.1 Å². The van der Waals surface area contributed by atoms with Gasteiger partial charge in [0.05, 0.1) is 36.8 Å². The lowest BCUT2D eigenvalue weighted by Crippen LogP contribution is -2.11. The summed E-state index contributed by atoms with van der Waals surface area (Å²) >= 11 is 0. The number of fused-ring (bicyclic) bond motifs is 2. The number of ketones is 1. The van der Waals surface area contributed by atoms with Gasteiger partial charge < -0.3 is 19.7 Å². The van der Waals surface area contributed by atoms with Gasteiger partial charge in [0.15, 0.2) is 0 Å². The summed E-state index contributed by atoms with van der Waals surface area (Å²) in [5.74, 6) is 0.141. The molecule has 0 saturated carbocycles. The lowest BCUT2D eigenvalue weighted by molar-refractivity contribution is -0.124. The van der Waals surface area contributed by atoms with Gasteiger partial charge in [-0.1, -0.05) is 0 Å². The molecule has 0 aromatic carbocycles. The monoisotopic (exact) mass is 356 g/mol. The van der Waals surface area contributed by atoms with Crippen molar-refractivity contribution in [2.75, 3.05) is 0 Å². The Morgan fingerprint density at radius 1 is 0.962 bits per heavy atom. The molecule has 2 aromatic heterocycles. The van der Waals surface area contributed by atoms with E-state index in [4.69, 9.17) is 9.47 Å². The molecule has 2 unspecified atom stereocenters. The highest BCUT2D eigenvalue weighted by Crippen LogP contribution is 2.43. The smallest absolute Gasteiger partial charge is 0.142 e. The van der Waals surface area contributed by atoms with Crippen LogP contribution < -0.4 is 0 Å². The third-order valence-electron chi connectivity index (χ3n) is 5.07. The van der Waals surface area contributed by atoms with E-state index < -0.39 is 12.2 Å². The highest BCUT2D eigenvalue weighted by atomic mass is 16.5. The standard InChI is InChI=1S/C19H20N2O5/c1-9-18(23)16-11(5-20-9)7-25-14(16)3-13(22)4-15-17-12(8-26-15)6-21-10(2)19(17)24/h5-6,14-15,23-24H,3-4,7-8H2,1-2H3. The lowest BCUT2D eigenvalue weighted by Gasteiger charge is -2.15. The minimum Gasteiger partial charge on any atom is -0.506 e. The first-order valence-electron chi connectivity index (χ1n) is 8.55. The maximum atomic E-state index is 12.6. The van der Waals surface area contributed by atoms with Gasteiger partial charge in [0.1, 0.15) is 17.3 Å². The van der Waals surface area contributed by atoms with Crippen LogP contribution in [0.3, 0.4) is 0 Å². The zero-order chi connectivity index (χ0) is 18.4. The summed E-state index contributed by atoms with van der Waals surface area (Å²) in [6.45, 7) is 4.11. The number of carbonyl (C=O) groups excluding carboxylic acids is 1. The van der Waals surface area contributed by atoms with E-state index in [2.05, 4.69) is 9.97 Å². The van der Waals surface area contributed by atoms with Gasteiger partial charge >= 0.3 is 0 Å². The molecule has 0 amide bonds. The molecule has 136 valence electrons. The molecule has 4 heterocycles. The number of aromatic hydroxyl groups is 2. The molecule has 0 radical (unpaired) electrons. The van der Waals surface area contributed by atoms with Gasteiger partial charge in [0.2, 0.25) is 0 Å². The third-order valence-corrected chi connectivity index (χ3v) is 5.07. The average Bonchev–Trinajstić information content (AvgIpc) is 3.20. The van der Waals surface area contributed by atoms with Gasteiger partial charge in [-0.25, -0.2) is 0 Å². The maximum Gasteiger partial charge on any atom is 0.142 e. The number of nitrogens with zero attached hydrogens (tertiary/aromatic N) is 2. The van der Waals surface area contributed by atoms with Crippen molar-refractivity contribution in [3.8, 4) is 11.5 Å². The summed E-state index contributed by atoms with van der Waals surface area (Å²) in [5, 5.41) is 20.5. The second kappa shape index (κ2) is 6.34. The van der Waals surface area contributed by atoms with Crippen molar-refractivity contribution in [3.05, 3.63) is 46.0 Å². The molecule has 7 heteroatoms. The summed E-state index contributed by atoms with van der Waals surface area (Å²) in [6.07, 6.45) is 2.69. The fraction of sp³-hybridized carbons (Fsp3) is 0.421. The summed E-state index contributed by atoms with van der Waals surface area (Å²) in [6, 6.07) is 0. The fourth-order valence-electron chi connectivity index (χ4n) is 3.62. The fourth-order valence-corrected chi connectivity index (χ4v) is 3.62. The van der Waals surface area contributed by atoms with E-state index in [1.54, 1.807) is 26.2 Å². The van der Waals surface area contributed by atoms with Gasteiger partial charge in [0, 0.05) is 47.5 Å². The Bertz CT molecular complexity index is 824. The second-order valence-corrected chi connectivity index (χ2v) is 6.81. The normalized spacial score (nSPS) is 20.8. The number of carbonyl (C=O) groups is 1. The summed E-state index contributed by atoms with van der Waals surface area (Å²) in [4.78, 5) is 20.9. The molecule has 0 bridgehead atoms. The van der Waals surface area contributed by atoms with Crippen LogP contribution in [0.1, 0.15) is 58.7 Å². The van der Waals surface area contributed by atoms with Crippen LogP contribution in [0.4, 0.5) is 0 Å². The Balaban J connectivity index is 1.50. The Hall–Kier alpha value is -2.51. The number of hydrogen-bond acceptors (Lipinski definition) is 7. The van der Waals surface area contributed by atoms with Crippen molar-refractivity contribution in [1.82, 2.24) is 9.97 Å². The Kier molecular flexibility index (Phi) is 4.13. The molecule has 2 aliphatic heterocycles. The van der Waals surface area contributed by atoms with Crippen molar-refractivity contribution in [1.29, 1.82) is 0 Å². The van der Waals surface area contributed by atoms with Gasteiger partial charge in [-0.15, -0.1) is 0 Å². The summed E-state index contributed by atoms with van der Waals surface area (Å²) in [5.41, 5.74) is 3.98. The SMILES string of the molecule is Cc1ncc2c(c1O)C(CC(=O)CC1OCc3cnc(C)c(O)c31)OC2. The Labute approximate surface area is 150 Å². The van der Waals surface area contributed by atoms with Gasteiger partial charge in [0.25, 0.3) is 0 Å². The molecule has 0 spiro atoms. The quantitative estimate of drug-likeness (QED) is 0.868. The molecule has 4 rings (SSSR count). The molecule has 2 atom stereocenters. The van der Waals surface area contributed by atoms with Crippen LogP contribution in [0.5, 0.6) is 11.5 Å². The average molecular weight is 356 g/mol. The van der Waals surface area contributed by atoms with Gasteiger partial charge in [-0.3, -0.25) is 14.8 Å². The number of Topliss-reactive ketones (excluding diaryl/α,β-unsaturated/α-hetero) is 1. The largest absolute Gasteiger partial charge is 0.506 e. The molecule has 2 aromatic rings. The number of ether oxygens (including phenoxy) is 2.